The molecule has 15 heavy (non-hydrogen) atoms. The van der Waals surface area contributed by atoms with Crippen molar-refractivity contribution in [3.8, 4) is 0 Å². The fourth-order valence-electron chi connectivity index (χ4n) is 1.18. The summed E-state index contributed by atoms with van der Waals surface area (Å²) in [4.78, 5) is 0. The summed E-state index contributed by atoms with van der Waals surface area (Å²) >= 11 is 0. The second kappa shape index (κ2) is 4.28. The van der Waals surface area contributed by atoms with Gasteiger partial charge in [-0.2, -0.15) is 0 Å². The van der Waals surface area contributed by atoms with E-state index in [4.69, 9.17) is 5.73 Å². The van der Waals surface area contributed by atoms with Crippen LogP contribution in [0.3, 0.4) is 0 Å². The van der Waals surface area contributed by atoms with Crippen LogP contribution in [0.2, 0.25) is 0 Å². The molecule has 6 heteroatoms. The minimum absolute atomic E-state index is 0. The van der Waals surface area contributed by atoms with Gasteiger partial charge in [0.1, 0.15) is 0 Å². The lowest BCUT2D eigenvalue weighted by atomic mass is 10.3. The number of nitrogens with one attached hydrogen (secondary N) is 1. The number of hydrogen-bond donors (Lipinski definition) is 2. The number of benzene rings is 1. The predicted octanol–water partition coefficient (Wildman–Crippen LogP) is 1.59. The molecule has 2 rings (SSSR count). The van der Waals surface area contributed by atoms with E-state index in [1.165, 1.54) is 0 Å². The Labute approximate surface area is 95.3 Å². The highest BCUT2D eigenvalue weighted by molar-refractivity contribution is 7.93. The molecule has 0 bridgehead atoms. The lowest BCUT2D eigenvalue weighted by molar-refractivity contribution is 0.600. The maximum absolute atomic E-state index is 11.5. The monoisotopic (exact) mass is 248 g/mol. The van der Waals surface area contributed by atoms with Gasteiger partial charge in [-0.3, -0.25) is 4.72 Å². The molecule has 0 radical (unpaired) electrons. The van der Waals surface area contributed by atoms with Gasteiger partial charge in [0.2, 0.25) is 10.0 Å². The zero-order valence-electron chi connectivity index (χ0n) is 8.01. The first-order valence-electron chi connectivity index (χ1n) is 4.45. The molecule has 0 spiro atoms. The van der Waals surface area contributed by atoms with Crippen molar-refractivity contribution < 1.29 is 8.42 Å². The second-order valence-corrected chi connectivity index (χ2v) is 5.43. The second-order valence-electron chi connectivity index (χ2n) is 3.47. The summed E-state index contributed by atoms with van der Waals surface area (Å²) in [5.74, 6) is 0. The van der Waals surface area contributed by atoms with E-state index < -0.39 is 10.0 Å². The highest BCUT2D eigenvalue weighted by Crippen LogP contribution is 2.29. The lowest BCUT2D eigenvalue weighted by Crippen LogP contribution is -2.17. The zero-order valence-corrected chi connectivity index (χ0v) is 9.64. The first kappa shape index (κ1) is 12.1. The van der Waals surface area contributed by atoms with Crippen LogP contribution in [0.1, 0.15) is 12.8 Å². The quantitative estimate of drug-likeness (QED) is 0.798. The van der Waals surface area contributed by atoms with Crippen LogP contribution in [0.5, 0.6) is 0 Å². The summed E-state index contributed by atoms with van der Waals surface area (Å²) in [5.41, 5.74) is 6.68. The van der Waals surface area contributed by atoms with Gasteiger partial charge < -0.3 is 5.73 Å². The Hall–Kier alpha value is -0.940. The van der Waals surface area contributed by atoms with Crippen molar-refractivity contribution in [3.05, 3.63) is 24.3 Å². The topological polar surface area (TPSA) is 72.2 Å². The van der Waals surface area contributed by atoms with E-state index in [2.05, 4.69) is 4.72 Å². The van der Waals surface area contributed by atoms with Crippen LogP contribution in [0.4, 0.5) is 11.4 Å². The van der Waals surface area contributed by atoms with Crippen LogP contribution in [0, 0.1) is 0 Å². The van der Waals surface area contributed by atoms with E-state index in [1.807, 2.05) is 0 Å². The summed E-state index contributed by atoms with van der Waals surface area (Å²) in [6.45, 7) is 0. The minimum atomic E-state index is -3.14. The van der Waals surface area contributed by atoms with Gasteiger partial charge in [-0.15, -0.1) is 12.4 Å². The predicted molar refractivity (Wildman–Crippen MR) is 63.7 cm³/mol. The molecular weight excluding hydrogens is 236 g/mol. The molecule has 1 aromatic rings. The zero-order chi connectivity index (χ0) is 10.2. The van der Waals surface area contributed by atoms with Gasteiger partial charge in [-0.25, -0.2) is 8.42 Å². The normalized spacial score (nSPS) is 15.5. The summed E-state index contributed by atoms with van der Waals surface area (Å²) in [7, 11) is -3.14. The van der Waals surface area contributed by atoms with Crippen LogP contribution < -0.4 is 10.5 Å². The van der Waals surface area contributed by atoms with Crippen LogP contribution in [0.25, 0.3) is 0 Å². The number of nitrogens with two attached hydrogens (primary N) is 1. The van der Waals surface area contributed by atoms with Crippen molar-refractivity contribution in [3.63, 3.8) is 0 Å². The van der Waals surface area contributed by atoms with Gasteiger partial charge in [0, 0.05) is 11.4 Å². The number of anilines is 2. The molecule has 0 saturated heterocycles. The average Bonchev–Trinajstić information content (AvgIpc) is 2.91. The van der Waals surface area contributed by atoms with Crippen molar-refractivity contribution in [1.29, 1.82) is 0 Å². The molecule has 0 aromatic heterocycles. The van der Waals surface area contributed by atoms with Gasteiger partial charge in [0.25, 0.3) is 0 Å². The summed E-state index contributed by atoms with van der Waals surface area (Å²) in [5, 5.41) is -0.194. The van der Waals surface area contributed by atoms with Crippen LogP contribution >= 0.6 is 12.4 Å². The molecule has 1 saturated carbocycles. The molecule has 0 heterocycles. The van der Waals surface area contributed by atoms with E-state index in [0.29, 0.717) is 11.4 Å². The molecule has 1 aliphatic rings. The number of nitrogen functional groups attached to an aromatic ring is 1. The van der Waals surface area contributed by atoms with E-state index in [0.717, 1.165) is 12.8 Å². The SMILES string of the molecule is Cl.Nc1ccc(NS(=O)(=O)C2CC2)cc1. The van der Waals surface area contributed by atoms with Gasteiger partial charge in [-0.1, -0.05) is 0 Å². The summed E-state index contributed by atoms with van der Waals surface area (Å²) < 4.78 is 25.5. The van der Waals surface area contributed by atoms with Crippen molar-refractivity contribution in [2.75, 3.05) is 10.5 Å². The Morgan fingerprint density at radius 1 is 1.20 bits per heavy atom. The molecule has 0 amide bonds. The number of rotatable bonds is 3. The lowest BCUT2D eigenvalue weighted by Gasteiger charge is -2.06. The van der Waals surface area contributed by atoms with Crippen LogP contribution in [-0.2, 0) is 10.0 Å². The van der Waals surface area contributed by atoms with Crippen molar-refractivity contribution >= 4 is 33.8 Å². The molecule has 84 valence electrons. The number of sulfonamides is 1. The third-order valence-corrected chi connectivity index (χ3v) is 4.00. The minimum Gasteiger partial charge on any atom is -0.399 e. The first-order valence-corrected chi connectivity index (χ1v) is 6.00. The Morgan fingerprint density at radius 3 is 2.20 bits per heavy atom. The number of hydrogen-bond acceptors (Lipinski definition) is 3. The molecule has 0 unspecified atom stereocenters. The Bertz CT molecular complexity index is 426. The molecule has 0 atom stereocenters. The maximum atomic E-state index is 11.5. The van der Waals surface area contributed by atoms with Crippen molar-refractivity contribution in [1.82, 2.24) is 0 Å². The Balaban J connectivity index is 0.00000112. The molecule has 4 nitrogen and oxygen atoms in total. The molecule has 1 aliphatic carbocycles. The molecule has 1 fully saturated rings. The fourth-order valence-corrected chi connectivity index (χ4v) is 2.57. The van der Waals surface area contributed by atoms with E-state index in [9.17, 15) is 8.42 Å². The molecule has 1 aromatic carbocycles. The van der Waals surface area contributed by atoms with Crippen LogP contribution in [0.15, 0.2) is 24.3 Å². The van der Waals surface area contributed by atoms with E-state index >= 15 is 0 Å². The third-order valence-electron chi connectivity index (χ3n) is 2.13. The van der Waals surface area contributed by atoms with Gasteiger partial charge >= 0.3 is 0 Å². The molecular formula is C9H13ClN2O2S. The van der Waals surface area contributed by atoms with Crippen LogP contribution in [-0.4, -0.2) is 13.7 Å². The highest BCUT2D eigenvalue weighted by atomic mass is 35.5. The molecule has 0 aliphatic heterocycles. The number of halogens is 1. The molecule has 3 N–H and O–H groups in total. The van der Waals surface area contributed by atoms with Gasteiger partial charge in [0.05, 0.1) is 5.25 Å². The highest BCUT2D eigenvalue weighted by Gasteiger charge is 2.35. The van der Waals surface area contributed by atoms with Crippen molar-refractivity contribution in [2.24, 2.45) is 0 Å². The largest absolute Gasteiger partial charge is 0.399 e. The van der Waals surface area contributed by atoms with E-state index in [-0.39, 0.29) is 17.7 Å². The summed E-state index contributed by atoms with van der Waals surface area (Å²) in [6, 6.07) is 6.67. The Kier molecular flexibility index (Phi) is 3.46. The average molecular weight is 249 g/mol. The van der Waals surface area contributed by atoms with E-state index in [1.54, 1.807) is 24.3 Å². The van der Waals surface area contributed by atoms with Gasteiger partial charge in [0.15, 0.2) is 0 Å². The van der Waals surface area contributed by atoms with Crippen molar-refractivity contribution in [2.45, 2.75) is 18.1 Å². The standard InChI is InChI=1S/C9H12N2O2S.ClH/c10-7-1-3-8(4-2-7)11-14(12,13)9-5-6-9;/h1-4,9,11H,5-6,10H2;1H. The smallest absolute Gasteiger partial charge is 0.235 e. The first-order chi connectivity index (χ1) is 6.58. The maximum Gasteiger partial charge on any atom is 0.235 e. The third kappa shape index (κ3) is 3.00. The fraction of sp³-hybridized carbons (Fsp3) is 0.333. The Morgan fingerprint density at radius 2 is 1.73 bits per heavy atom. The van der Waals surface area contributed by atoms with Gasteiger partial charge in [-0.05, 0) is 37.1 Å². The summed E-state index contributed by atoms with van der Waals surface area (Å²) in [6.07, 6.45) is 1.54.